The number of aryl methyl sites for hydroxylation is 1. The number of Topliss-reactive ketones (excluding diaryl/α,β-unsaturated/α-hetero) is 2. The maximum absolute atomic E-state index is 11.3. The van der Waals surface area contributed by atoms with Gasteiger partial charge in [-0.15, -0.1) is 0 Å². The van der Waals surface area contributed by atoms with Crippen molar-refractivity contribution in [2.24, 2.45) is 0 Å². The lowest BCUT2D eigenvalue weighted by Gasteiger charge is -2.01. The van der Waals surface area contributed by atoms with Crippen molar-refractivity contribution in [1.29, 1.82) is 0 Å². The first-order valence-electron chi connectivity index (χ1n) is 5.25. The highest BCUT2D eigenvalue weighted by Gasteiger charge is 2.02. The van der Waals surface area contributed by atoms with Gasteiger partial charge in [0, 0.05) is 18.4 Å². The van der Waals surface area contributed by atoms with E-state index in [1.807, 2.05) is 31.2 Å². The second kappa shape index (κ2) is 5.44. The Kier molecular flexibility index (Phi) is 4.22. The average Bonchev–Trinajstić information content (AvgIpc) is 2.26. The Morgan fingerprint density at radius 1 is 1.13 bits per heavy atom. The third kappa shape index (κ3) is 3.66. The van der Waals surface area contributed by atoms with E-state index in [-0.39, 0.29) is 11.6 Å². The molecule has 0 heterocycles. The molecule has 0 spiro atoms. The zero-order chi connectivity index (χ0) is 11.3. The Morgan fingerprint density at radius 2 is 1.73 bits per heavy atom. The molecule has 1 rings (SSSR count). The van der Waals surface area contributed by atoms with Crippen LogP contribution < -0.4 is 0 Å². The zero-order valence-corrected chi connectivity index (χ0v) is 9.25. The van der Waals surface area contributed by atoms with Crippen molar-refractivity contribution < 1.29 is 9.59 Å². The molecule has 2 heteroatoms. The molecule has 0 amide bonds. The number of carbonyl (C=O) groups is 2. The molecule has 0 aliphatic rings. The van der Waals surface area contributed by atoms with Crippen LogP contribution in [0.1, 0.15) is 42.6 Å². The lowest BCUT2D eigenvalue weighted by atomic mass is 10.0. The fourth-order valence-electron chi connectivity index (χ4n) is 1.38. The zero-order valence-electron chi connectivity index (χ0n) is 9.25. The van der Waals surface area contributed by atoms with Gasteiger partial charge in [-0.3, -0.25) is 4.79 Å². The molecule has 0 saturated heterocycles. The molecule has 0 saturated carbocycles. The first-order chi connectivity index (χ1) is 7.13. The molecular weight excluding hydrogens is 188 g/mol. The Labute approximate surface area is 90.3 Å². The van der Waals surface area contributed by atoms with Crippen molar-refractivity contribution in [3.05, 3.63) is 35.4 Å². The summed E-state index contributed by atoms with van der Waals surface area (Å²) in [6.45, 7) is 3.45. The van der Waals surface area contributed by atoms with Crippen LogP contribution in [0.15, 0.2) is 24.3 Å². The predicted molar refractivity (Wildman–Crippen MR) is 60.1 cm³/mol. The van der Waals surface area contributed by atoms with Gasteiger partial charge in [0.2, 0.25) is 0 Å². The van der Waals surface area contributed by atoms with Crippen LogP contribution in [0.5, 0.6) is 0 Å². The summed E-state index contributed by atoms with van der Waals surface area (Å²) in [5.74, 6) is 0.358. The van der Waals surface area contributed by atoms with Crippen LogP contribution in [0.4, 0.5) is 0 Å². The first kappa shape index (κ1) is 11.6. The molecule has 0 aromatic heterocycles. The Balaban J connectivity index is 2.64. The number of hydrogen-bond acceptors (Lipinski definition) is 2. The molecule has 0 N–H and O–H groups in total. The maximum Gasteiger partial charge on any atom is 0.162 e. The number of ketones is 2. The van der Waals surface area contributed by atoms with Crippen LogP contribution in [-0.2, 0) is 11.2 Å². The number of hydrogen-bond donors (Lipinski definition) is 0. The average molecular weight is 204 g/mol. The highest BCUT2D eigenvalue weighted by atomic mass is 16.1. The van der Waals surface area contributed by atoms with Gasteiger partial charge < -0.3 is 4.79 Å². The van der Waals surface area contributed by atoms with Gasteiger partial charge >= 0.3 is 0 Å². The van der Waals surface area contributed by atoms with Gasteiger partial charge in [0.05, 0.1) is 0 Å². The standard InChI is InChI=1S/C13H16O2/c1-3-13(15)12-8-6-11(7-9-12)5-4-10(2)14/h6-9H,3-5H2,1-2H3. The summed E-state index contributed by atoms with van der Waals surface area (Å²) in [4.78, 5) is 22.1. The van der Waals surface area contributed by atoms with Crippen LogP contribution in [0.2, 0.25) is 0 Å². The molecule has 0 radical (unpaired) electrons. The number of carbonyl (C=O) groups excluding carboxylic acids is 2. The predicted octanol–water partition coefficient (Wildman–Crippen LogP) is 2.80. The lowest BCUT2D eigenvalue weighted by molar-refractivity contribution is -0.116. The monoisotopic (exact) mass is 204 g/mol. The molecule has 0 aliphatic carbocycles. The first-order valence-corrected chi connectivity index (χ1v) is 5.25. The summed E-state index contributed by atoms with van der Waals surface area (Å²) in [7, 11) is 0. The fourth-order valence-corrected chi connectivity index (χ4v) is 1.38. The van der Waals surface area contributed by atoms with Gasteiger partial charge in [-0.1, -0.05) is 31.2 Å². The van der Waals surface area contributed by atoms with Crippen molar-refractivity contribution >= 4 is 11.6 Å². The molecule has 2 nitrogen and oxygen atoms in total. The minimum Gasteiger partial charge on any atom is -0.300 e. The molecule has 15 heavy (non-hydrogen) atoms. The van der Waals surface area contributed by atoms with Crippen LogP contribution in [-0.4, -0.2) is 11.6 Å². The van der Waals surface area contributed by atoms with Gasteiger partial charge in [-0.25, -0.2) is 0 Å². The van der Waals surface area contributed by atoms with Crippen LogP contribution >= 0.6 is 0 Å². The smallest absolute Gasteiger partial charge is 0.162 e. The summed E-state index contributed by atoms with van der Waals surface area (Å²) < 4.78 is 0. The van der Waals surface area contributed by atoms with Crippen molar-refractivity contribution in [2.45, 2.75) is 33.1 Å². The molecule has 1 aromatic carbocycles. The summed E-state index contributed by atoms with van der Waals surface area (Å²) in [6.07, 6.45) is 1.86. The second-order valence-corrected chi connectivity index (χ2v) is 3.68. The topological polar surface area (TPSA) is 34.1 Å². The quantitative estimate of drug-likeness (QED) is 0.691. The number of benzene rings is 1. The van der Waals surface area contributed by atoms with Crippen LogP contribution in [0, 0.1) is 0 Å². The normalized spacial score (nSPS) is 10.0. The van der Waals surface area contributed by atoms with E-state index in [4.69, 9.17) is 0 Å². The van der Waals surface area contributed by atoms with Gasteiger partial charge in [0.15, 0.2) is 5.78 Å². The lowest BCUT2D eigenvalue weighted by Crippen LogP contribution is -1.98. The van der Waals surface area contributed by atoms with E-state index in [0.717, 1.165) is 17.5 Å². The molecular formula is C13H16O2. The number of rotatable bonds is 5. The van der Waals surface area contributed by atoms with Gasteiger partial charge in [-0.05, 0) is 18.9 Å². The largest absolute Gasteiger partial charge is 0.300 e. The molecule has 0 unspecified atom stereocenters. The van der Waals surface area contributed by atoms with E-state index < -0.39 is 0 Å². The molecule has 0 fully saturated rings. The molecule has 0 atom stereocenters. The third-order valence-corrected chi connectivity index (χ3v) is 2.36. The van der Waals surface area contributed by atoms with E-state index in [1.165, 1.54) is 0 Å². The van der Waals surface area contributed by atoms with Gasteiger partial charge in [0.25, 0.3) is 0 Å². The van der Waals surface area contributed by atoms with E-state index in [1.54, 1.807) is 6.92 Å². The fraction of sp³-hybridized carbons (Fsp3) is 0.385. The highest BCUT2D eigenvalue weighted by Crippen LogP contribution is 2.08. The van der Waals surface area contributed by atoms with Crippen molar-refractivity contribution in [3.63, 3.8) is 0 Å². The van der Waals surface area contributed by atoms with Crippen molar-refractivity contribution in [3.8, 4) is 0 Å². The SMILES string of the molecule is CCC(=O)c1ccc(CCC(C)=O)cc1. The van der Waals surface area contributed by atoms with E-state index >= 15 is 0 Å². The van der Waals surface area contributed by atoms with E-state index in [2.05, 4.69) is 0 Å². The molecule has 0 bridgehead atoms. The Bertz CT molecular complexity index is 349. The van der Waals surface area contributed by atoms with Gasteiger partial charge in [0.1, 0.15) is 5.78 Å². The third-order valence-electron chi connectivity index (χ3n) is 2.36. The summed E-state index contributed by atoms with van der Waals surface area (Å²) in [5, 5.41) is 0. The summed E-state index contributed by atoms with van der Waals surface area (Å²) in [6, 6.07) is 7.51. The Morgan fingerprint density at radius 3 is 2.20 bits per heavy atom. The van der Waals surface area contributed by atoms with E-state index in [9.17, 15) is 9.59 Å². The van der Waals surface area contributed by atoms with Crippen molar-refractivity contribution in [2.75, 3.05) is 0 Å². The van der Waals surface area contributed by atoms with E-state index in [0.29, 0.717) is 12.8 Å². The van der Waals surface area contributed by atoms with Crippen LogP contribution in [0.25, 0.3) is 0 Å². The minimum absolute atomic E-state index is 0.160. The summed E-state index contributed by atoms with van der Waals surface area (Å²) >= 11 is 0. The highest BCUT2D eigenvalue weighted by molar-refractivity contribution is 5.95. The van der Waals surface area contributed by atoms with Crippen LogP contribution in [0.3, 0.4) is 0 Å². The van der Waals surface area contributed by atoms with Crippen molar-refractivity contribution in [1.82, 2.24) is 0 Å². The maximum atomic E-state index is 11.3. The summed E-state index contributed by atoms with van der Waals surface area (Å²) in [5.41, 5.74) is 1.86. The molecule has 80 valence electrons. The second-order valence-electron chi connectivity index (χ2n) is 3.68. The minimum atomic E-state index is 0.160. The molecule has 1 aromatic rings. The Hall–Kier alpha value is -1.44. The molecule has 0 aliphatic heterocycles. The van der Waals surface area contributed by atoms with Gasteiger partial charge in [-0.2, -0.15) is 0 Å².